The van der Waals surface area contributed by atoms with Crippen LogP contribution in [-0.4, -0.2) is 10.8 Å². The molecule has 8 heteroatoms. The number of carbonyl (C=O) groups excluding carboxylic acids is 1. The molecule has 136 valence electrons. The number of rotatable bonds is 5. The van der Waals surface area contributed by atoms with Gasteiger partial charge in [-0.3, -0.25) is 14.9 Å². The van der Waals surface area contributed by atoms with Crippen molar-refractivity contribution in [1.29, 1.82) is 0 Å². The second-order valence-electron chi connectivity index (χ2n) is 5.42. The number of nitrogens with zero attached hydrogens (tertiary/aromatic N) is 1. The van der Waals surface area contributed by atoms with Gasteiger partial charge in [-0.05, 0) is 36.4 Å². The van der Waals surface area contributed by atoms with Crippen LogP contribution in [0, 0.1) is 21.7 Å². The Bertz CT molecular complexity index is 1040. The highest BCUT2D eigenvalue weighted by Crippen LogP contribution is 2.31. The van der Waals surface area contributed by atoms with E-state index in [2.05, 4.69) is 5.32 Å². The minimum atomic E-state index is -0.895. The number of nitro groups is 1. The summed E-state index contributed by atoms with van der Waals surface area (Å²) < 4.78 is 31.9. The molecule has 0 aliphatic rings. The Kier molecular flexibility index (Phi) is 5.07. The zero-order valence-electron chi connectivity index (χ0n) is 13.7. The summed E-state index contributed by atoms with van der Waals surface area (Å²) in [6.45, 7) is 0. The second kappa shape index (κ2) is 7.61. The summed E-state index contributed by atoms with van der Waals surface area (Å²) in [7, 11) is 0. The number of benzene rings is 2. The predicted octanol–water partition coefficient (Wildman–Crippen LogP) is 4.78. The molecule has 2 aromatic carbocycles. The predicted molar refractivity (Wildman–Crippen MR) is 94.8 cm³/mol. The Morgan fingerprint density at radius 3 is 2.63 bits per heavy atom. The zero-order valence-corrected chi connectivity index (χ0v) is 13.7. The van der Waals surface area contributed by atoms with Crippen molar-refractivity contribution in [3.8, 4) is 11.3 Å². The maximum absolute atomic E-state index is 13.5. The van der Waals surface area contributed by atoms with Gasteiger partial charge in [-0.1, -0.05) is 12.1 Å². The first-order valence-electron chi connectivity index (χ1n) is 7.72. The van der Waals surface area contributed by atoms with Crippen LogP contribution in [0.25, 0.3) is 17.4 Å². The van der Waals surface area contributed by atoms with Gasteiger partial charge in [0, 0.05) is 18.2 Å². The zero-order chi connectivity index (χ0) is 19.4. The lowest BCUT2D eigenvalue weighted by Crippen LogP contribution is -2.09. The number of para-hydroxylation sites is 1. The van der Waals surface area contributed by atoms with Gasteiger partial charge in [0.2, 0.25) is 5.91 Å². The average molecular weight is 370 g/mol. The molecule has 0 bridgehead atoms. The van der Waals surface area contributed by atoms with E-state index in [4.69, 9.17) is 4.42 Å². The van der Waals surface area contributed by atoms with Crippen LogP contribution < -0.4 is 5.32 Å². The molecule has 0 aliphatic heterocycles. The van der Waals surface area contributed by atoms with E-state index in [1.807, 2.05) is 0 Å². The summed E-state index contributed by atoms with van der Waals surface area (Å²) in [5, 5.41) is 13.4. The lowest BCUT2D eigenvalue weighted by molar-refractivity contribution is -0.384. The molecule has 0 aliphatic carbocycles. The first-order chi connectivity index (χ1) is 12.9. The minimum Gasteiger partial charge on any atom is -0.456 e. The van der Waals surface area contributed by atoms with Gasteiger partial charge < -0.3 is 9.73 Å². The number of hydrogen-bond acceptors (Lipinski definition) is 4. The van der Waals surface area contributed by atoms with E-state index in [-0.39, 0.29) is 22.9 Å². The van der Waals surface area contributed by atoms with E-state index in [0.29, 0.717) is 11.6 Å². The third-order valence-electron chi connectivity index (χ3n) is 3.58. The largest absolute Gasteiger partial charge is 0.456 e. The Morgan fingerprint density at radius 2 is 1.89 bits per heavy atom. The number of nitro benzene ring substituents is 1. The molecule has 0 radical (unpaired) electrons. The molecule has 0 unspecified atom stereocenters. The first kappa shape index (κ1) is 18.0. The van der Waals surface area contributed by atoms with Gasteiger partial charge in [0.1, 0.15) is 23.2 Å². The molecule has 3 aromatic rings. The van der Waals surface area contributed by atoms with Crippen LogP contribution in [-0.2, 0) is 4.79 Å². The minimum absolute atomic E-state index is 0.105. The van der Waals surface area contributed by atoms with Crippen molar-refractivity contribution < 1.29 is 22.9 Å². The number of anilines is 1. The number of furan rings is 1. The van der Waals surface area contributed by atoms with E-state index < -0.39 is 22.5 Å². The van der Waals surface area contributed by atoms with E-state index in [1.54, 1.807) is 24.3 Å². The monoisotopic (exact) mass is 370 g/mol. The van der Waals surface area contributed by atoms with Crippen molar-refractivity contribution >= 4 is 23.4 Å². The topological polar surface area (TPSA) is 85.4 Å². The standard InChI is InChI=1S/C19H12F2N2O4/c20-12-5-8-16(15(21)11-12)22-19(24)10-7-13-6-9-18(27-13)14-3-1-2-4-17(14)23(25)26/h1-11H,(H,22,24)/b10-7+. The molecule has 1 heterocycles. The molecule has 0 saturated carbocycles. The molecular weight excluding hydrogens is 358 g/mol. The third kappa shape index (κ3) is 4.24. The molecule has 1 amide bonds. The normalized spacial score (nSPS) is 10.9. The summed E-state index contributed by atoms with van der Waals surface area (Å²) in [5.74, 6) is -1.75. The van der Waals surface area contributed by atoms with E-state index in [9.17, 15) is 23.7 Å². The summed E-state index contributed by atoms with van der Waals surface area (Å²) in [4.78, 5) is 22.4. The van der Waals surface area contributed by atoms with Crippen LogP contribution in [0.3, 0.4) is 0 Å². The van der Waals surface area contributed by atoms with Crippen molar-refractivity contribution in [2.75, 3.05) is 5.32 Å². The Labute approximate surface area is 151 Å². The number of hydrogen-bond donors (Lipinski definition) is 1. The third-order valence-corrected chi connectivity index (χ3v) is 3.58. The van der Waals surface area contributed by atoms with Crippen LogP contribution in [0.15, 0.2) is 65.1 Å². The molecule has 3 rings (SSSR count). The smallest absolute Gasteiger partial charge is 0.280 e. The summed E-state index contributed by atoms with van der Waals surface area (Å²) in [6.07, 6.45) is 2.43. The fourth-order valence-corrected chi connectivity index (χ4v) is 2.35. The van der Waals surface area contributed by atoms with Gasteiger partial charge in [-0.2, -0.15) is 0 Å². The lowest BCUT2D eigenvalue weighted by Gasteiger charge is -2.03. The number of carbonyl (C=O) groups is 1. The van der Waals surface area contributed by atoms with Crippen molar-refractivity contribution in [3.05, 3.63) is 88.2 Å². The van der Waals surface area contributed by atoms with Gasteiger partial charge in [-0.25, -0.2) is 8.78 Å². The quantitative estimate of drug-likeness (QED) is 0.398. The average Bonchev–Trinajstić information content (AvgIpc) is 3.11. The van der Waals surface area contributed by atoms with Crippen LogP contribution >= 0.6 is 0 Å². The highest BCUT2D eigenvalue weighted by molar-refractivity contribution is 6.01. The van der Waals surface area contributed by atoms with Crippen LogP contribution in [0.4, 0.5) is 20.2 Å². The SMILES string of the molecule is O=C(/C=C/c1ccc(-c2ccccc2[N+](=O)[O-])o1)Nc1ccc(F)cc1F. The molecule has 0 fully saturated rings. The Morgan fingerprint density at radius 1 is 1.11 bits per heavy atom. The van der Waals surface area contributed by atoms with Gasteiger partial charge in [0.25, 0.3) is 5.69 Å². The number of halogens is 2. The maximum atomic E-state index is 13.5. The molecule has 0 saturated heterocycles. The fraction of sp³-hybridized carbons (Fsp3) is 0. The molecule has 27 heavy (non-hydrogen) atoms. The van der Waals surface area contributed by atoms with Gasteiger partial charge in [0.05, 0.1) is 16.2 Å². The van der Waals surface area contributed by atoms with Gasteiger partial charge >= 0.3 is 0 Å². The first-order valence-corrected chi connectivity index (χ1v) is 7.72. The van der Waals surface area contributed by atoms with E-state index >= 15 is 0 Å². The fourth-order valence-electron chi connectivity index (χ4n) is 2.35. The number of amides is 1. The van der Waals surface area contributed by atoms with Crippen molar-refractivity contribution in [2.24, 2.45) is 0 Å². The number of nitrogens with one attached hydrogen (secondary N) is 1. The van der Waals surface area contributed by atoms with Crippen LogP contribution in [0.1, 0.15) is 5.76 Å². The highest BCUT2D eigenvalue weighted by atomic mass is 19.1. The Hall–Kier alpha value is -3.81. The molecule has 6 nitrogen and oxygen atoms in total. The lowest BCUT2D eigenvalue weighted by atomic mass is 10.1. The summed E-state index contributed by atoms with van der Waals surface area (Å²) in [5.41, 5.74) is 0.0398. The summed E-state index contributed by atoms with van der Waals surface area (Å²) >= 11 is 0. The van der Waals surface area contributed by atoms with Gasteiger partial charge in [-0.15, -0.1) is 0 Å². The highest BCUT2D eigenvalue weighted by Gasteiger charge is 2.16. The molecule has 0 atom stereocenters. The Balaban J connectivity index is 1.74. The molecule has 1 N–H and O–H groups in total. The van der Waals surface area contributed by atoms with Crippen LogP contribution in [0.5, 0.6) is 0 Å². The van der Waals surface area contributed by atoms with Crippen molar-refractivity contribution in [3.63, 3.8) is 0 Å². The van der Waals surface area contributed by atoms with Crippen LogP contribution in [0.2, 0.25) is 0 Å². The second-order valence-corrected chi connectivity index (χ2v) is 5.42. The summed E-state index contributed by atoms with van der Waals surface area (Å²) in [6, 6.07) is 12.0. The van der Waals surface area contributed by atoms with Crippen molar-refractivity contribution in [1.82, 2.24) is 0 Å². The van der Waals surface area contributed by atoms with Crippen molar-refractivity contribution in [2.45, 2.75) is 0 Å². The maximum Gasteiger partial charge on any atom is 0.280 e. The molecule has 1 aromatic heterocycles. The molecular formula is C19H12F2N2O4. The van der Waals surface area contributed by atoms with E-state index in [1.165, 1.54) is 18.2 Å². The molecule has 0 spiro atoms. The van der Waals surface area contributed by atoms with E-state index in [0.717, 1.165) is 18.2 Å². The van der Waals surface area contributed by atoms with Gasteiger partial charge in [0.15, 0.2) is 0 Å².